The van der Waals surface area contributed by atoms with E-state index in [9.17, 15) is 9.59 Å². The third-order valence-electron chi connectivity index (χ3n) is 4.99. The number of nitrogens with zero attached hydrogens (tertiary/aromatic N) is 5. The number of amides is 2. The molecule has 2 amide bonds. The van der Waals surface area contributed by atoms with Gasteiger partial charge in [-0.2, -0.15) is 0 Å². The Labute approximate surface area is 166 Å². The van der Waals surface area contributed by atoms with E-state index in [0.717, 1.165) is 11.4 Å². The largest absolute Gasteiger partial charge is 0.352 e. The SMILES string of the molecule is CC(=O)N1CCN(c2cnc(C(=O)N(Cc3ccccc3)C(C)C)cn2)CC1. The zero-order chi connectivity index (χ0) is 20.1. The maximum absolute atomic E-state index is 13.0. The summed E-state index contributed by atoms with van der Waals surface area (Å²) < 4.78 is 0. The number of piperazine rings is 1. The van der Waals surface area contributed by atoms with E-state index in [1.165, 1.54) is 0 Å². The van der Waals surface area contributed by atoms with Gasteiger partial charge in [0.25, 0.3) is 5.91 Å². The van der Waals surface area contributed by atoms with Crippen LogP contribution >= 0.6 is 0 Å². The zero-order valence-electron chi connectivity index (χ0n) is 16.7. The van der Waals surface area contributed by atoms with E-state index >= 15 is 0 Å². The number of rotatable bonds is 5. The fourth-order valence-electron chi connectivity index (χ4n) is 3.26. The Morgan fingerprint density at radius 2 is 1.71 bits per heavy atom. The number of carbonyl (C=O) groups excluding carboxylic acids is 2. The molecule has 0 unspecified atom stereocenters. The molecule has 7 heteroatoms. The molecular formula is C21H27N5O2. The minimum atomic E-state index is -0.126. The molecule has 1 aliphatic rings. The second kappa shape index (κ2) is 8.82. The topological polar surface area (TPSA) is 69.6 Å². The van der Waals surface area contributed by atoms with Crippen molar-refractivity contribution in [3.63, 3.8) is 0 Å². The third-order valence-corrected chi connectivity index (χ3v) is 4.99. The second-order valence-electron chi connectivity index (χ2n) is 7.27. The molecule has 0 bridgehead atoms. The quantitative estimate of drug-likeness (QED) is 0.794. The lowest BCUT2D eigenvalue weighted by Crippen LogP contribution is -2.48. The van der Waals surface area contributed by atoms with Gasteiger partial charge < -0.3 is 14.7 Å². The first-order valence-electron chi connectivity index (χ1n) is 9.63. The van der Waals surface area contributed by atoms with Crippen LogP contribution in [0.1, 0.15) is 36.8 Å². The van der Waals surface area contributed by atoms with Gasteiger partial charge in [0.05, 0.1) is 12.4 Å². The van der Waals surface area contributed by atoms with Crippen LogP contribution in [0.3, 0.4) is 0 Å². The third kappa shape index (κ3) is 4.65. The first-order valence-corrected chi connectivity index (χ1v) is 9.63. The minimum Gasteiger partial charge on any atom is -0.352 e. The molecule has 0 spiro atoms. The van der Waals surface area contributed by atoms with Crippen molar-refractivity contribution in [2.45, 2.75) is 33.4 Å². The molecule has 2 aromatic rings. The van der Waals surface area contributed by atoms with E-state index in [4.69, 9.17) is 0 Å². The molecule has 0 radical (unpaired) electrons. The molecule has 0 aliphatic carbocycles. The van der Waals surface area contributed by atoms with Crippen LogP contribution in [-0.4, -0.2) is 63.8 Å². The fourth-order valence-corrected chi connectivity index (χ4v) is 3.26. The first-order chi connectivity index (χ1) is 13.5. The lowest BCUT2D eigenvalue weighted by molar-refractivity contribution is -0.129. The van der Waals surface area contributed by atoms with Crippen LogP contribution in [0.15, 0.2) is 42.7 Å². The van der Waals surface area contributed by atoms with Gasteiger partial charge in [-0.25, -0.2) is 9.97 Å². The Morgan fingerprint density at radius 1 is 1.04 bits per heavy atom. The Bertz CT molecular complexity index is 799. The molecule has 148 valence electrons. The predicted molar refractivity (Wildman–Crippen MR) is 108 cm³/mol. The van der Waals surface area contributed by atoms with Crippen molar-refractivity contribution in [1.29, 1.82) is 0 Å². The van der Waals surface area contributed by atoms with Crippen LogP contribution in [-0.2, 0) is 11.3 Å². The monoisotopic (exact) mass is 381 g/mol. The van der Waals surface area contributed by atoms with E-state index in [-0.39, 0.29) is 17.9 Å². The molecule has 2 heterocycles. The average Bonchev–Trinajstić information content (AvgIpc) is 2.72. The van der Waals surface area contributed by atoms with Gasteiger partial charge in [0.2, 0.25) is 5.91 Å². The van der Waals surface area contributed by atoms with Crippen LogP contribution in [0.2, 0.25) is 0 Å². The summed E-state index contributed by atoms with van der Waals surface area (Å²) in [6, 6.07) is 9.98. The summed E-state index contributed by atoms with van der Waals surface area (Å²) in [4.78, 5) is 39.0. The van der Waals surface area contributed by atoms with Gasteiger partial charge in [-0.1, -0.05) is 30.3 Å². The highest BCUT2D eigenvalue weighted by Crippen LogP contribution is 2.15. The number of hydrogen-bond acceptors (Lipinski definition) is 5. The summed E-state index contributed by atoms with van der Waals surface area (Å²) in [6.45, 7) is 8.90. The van der Waals surface area contributed by atoms with Crippen molar-refractivity contribution in [1.82, 2.24) is 19.8 Å². The molecule has 28 heavy (non-hydrogen) atoms. The molecule has 1 saturated heterocycles. The number of hydrogen-bond donors (Lipinski definition) is 0. The minimum absolute atomic E-state index is 0.0499. The Morgan fingerprint density at radius 3 is 2.25 bits per heavy atom. The highest BCUT2D eigenvalue weighted by Gasteiger charge is 2.23. The van der Waals surface area contributed by atoms with Crippen molar-refractivity contribution < 1.29 is 9.59 Å². The van der Waals surface area contributed by atoms with E-state index in [0.29, 0.717) is 38.4 Å². The van der Waals surface area contributed by atoms with E-state index < -0.39 is 0 Å². The van der Waals surface area contributed by atoms with Gasteiger partial charge in [0.1, 0.15) is 11.5 Å². The molecule has 0 N–H and O–H groups in total. The van der Waals surface area contributed by atoms with Crippen molar-refractivity contribution in [3.05, 3.63) is 54.0 Å². The molecule has 3 rings (SSSR count). The zero-order valence-corrected chi connectivity index (χ0v) is 16.7. The van der Waals surface area contributed by atoms with Crippen LogP contribution in [0, 0.1) is 0 Å². The highest BCUT2D eigenvalue weighted by atomic mass is 16.2. The van der Waals surface area contributed by atoms with Crippen LogP contribution < -0.4 is 4.90 Å². The van der Waals surface area contributed by atoms with E-state index in [1.807, 2.05) is 49.1 Å². The van der Waals surface area contributed by atoms with Crippen molar-refractivity contribution >= 4 is 17.6 Å². The normalized spacial score (nSPS) is 14.3. The van der Waals surface area contributed by atoms with E-state index in [1.54, 1.807) is 24.2 Å². The Balaban J connectivity index is 1.67. The summed E-state index contributed by atoms with van der Waals surface area (Å²) in [6.07, 6.45) is 3.20. The Kier molecular flexibility index (Phi) is 6.23. The number of carbonyl (C=O) groups is 2. The number of aromatic nitrogens is 2. The second-order valence-corrected chi connectivity index (χ2v) is 7.27. The van der Waals surface area contributed by atoms with Gasteiger partial charge in [-0.15, -0.1) is 0 Å². The molecule has 0 saturated carbocycles. The lowest BCUT2D eigenvalue weighted by atomic mass is 10.2. The van der Waals surface area contributed by atoms with Crippen molar-refractivity contribution in [2.24, 2.45) is 0 Å². The van der Waals surface area contributed by atoms with Gasteiger partial charge in [0.15, 0.2) is 0 Å². The fraction of sp³-hybridized carbons (Fsp3) is 0.429. The maximum atomic E-state index is 13.0. The molecule has 1 aromatic heterocycles. The van der Waals surface area contributed by atoms with Crippen LogP contribution in [0.5, 0.6) is 0 Å². The lowest BCUT2D eigenvalue weighted by Gasteiger charge is -2.34. The van der Waals surface area contributed by atoms with Gasteiger partial charge >= 0.3 is 0 Å². The summed E-state index contributed by atoms with van der Waals surface area (Å²) in [5, 5.41) is 0. The molecule has 0 atom stereocenters. The summed E-state index contributed by atoms with van der Waals surface area (Å²) in [5.41, 5.74) is 1.42. The average molecular weight is 381 g/mol. The number of anilines is 1. The summed E-state index contributed by atoms with van der Waals surface area (Å²) in [7, 11) is 0. The smallest absolute Gasteiger partial charge is 0.274 e. The predicted octanol–water partition coefficient (Wildman–Crippen LogP) is 2.20. The van der Waals surface area contributed by atoms with Crippen molar-refractivity contribution in [3.8, 4) is 0 Å². The number of benzene rings is 1. The van der Waals surface area contributed by atoms with Gasteiger partial charge in [0, 0.05) is 45.7 Å². The summed E-state index contributed by atoms with van der Waals surface area (Å²) in [5.74, 6) is 0.706. The highest BCUT2D eigenvalue weighted by molar-refractivity contribution is 5.92. The molecule has 1 aliphatic heterocycles. The van der Waals surface area contributed by atoms with Crippen LogP contribution in [0.4, 0.5) is 5.82 Å². The first kappa shape index (κ1) is 19.8. The van der Waals surface area contributed by atoms with Gasteiger partial charge in [-0.05, 0) is 19.4 Å². The molecular weight excluding hydrogens is 354 g/mol. The Hall–Kier alpha value is -2.96. The van der Waals surface area contributed by atoms with Crippen molar-refractivity contribution in [2.75, 3.05) is 31.1 Å². The summed E-state index contributed by atoms with van der Waals surface area (Å²) >= 11 is 0. The van der Waals surface area contributed by atoms with Crippen LogP contribution in [0.25, 0.3) is 0 Å². The molecule has 7 nitrogen and oxygen atoms in total. The molecule has 1 aromatic carbocycles. The molecule has 1 fully saturated rings. The van der Waals surface area contributed by atoms with Gasteiger partial charge in [-0.3, -0.25) is 9.59 Å². The van der Waals surface area contributed by atoms with E-state index in [2.05, 4.69) is 14.9 Å². The standard InChI is InChI=1S/C21H27N5O2/c1-16(2)26(15-18-7-5-4-6-8-18)21(28)19-13-23-20(14-22-19)25-11-9-24(10-12-25)17(3)27/h4-8,13-14,16H,9-12,15H2,1-3H3. The maximum Gasteiger partial charge on any atom is 0.274 e.